The molecule has 0 aromatic heterocycles. The summed E-state index contributed by atoms with van der Waals surface area (Å²) in [5.41, 5.74) is -2.71. The predicted molar refractivity (Wildman–Crippen MR) is 68.5 cm³/mol. The standard InChI is InChI=1S/C13H23NO5/c1-11(2,3)19-10(17)14-13(9(16)18-6)7-8(15)12(13,4)5/h8,15H,7H2,1-6H3,(H,14,17)/t8-,13-/m1/s1. The van der Waals surface area contributed by atoms with Gasteiger partial charge in [-0.1, -0.05) is 13.8 Å². The molecule has 0 unspecified atom stereocenters. The normalized spacial score (nSPS) is 29.1. The first kappa shape index (κ1) is 15.8. The van der Waals surface area contributed by atoms with E-state index in [2.05, 4.69) is 5.32 Å². The first-order valence-electron chi connectivity index (χ1n) is 6.24. The SMILES string of the molecule is COC(=O)[C@]1(NC(=O)OC(C)(C)C)C[C@@H](O)C1(C)C. The number of methoxy groups -OCH3 is 1. The van der Waals surface area contributed by atoms with Crippen LogP contribution in [0.1, 0.15) is 41.0 Å². The number of hydrogen-bond acceptors (Lipinski definition) is 5. The molecule has 0 aromatic carbocycles. The van der Waals surface area contributed by atoms with Crippen LogP contribution in [0.2, 0.25) is 0 Å². The number of rotatable bonds is 2. The van der Waals surface area contributed by atoms with Gasteiger partial charge in [0.25, 0.3) is 0 Å². The lowest BCUT2D eigenvalue weighted by atomic mass is 9.54. The number of esters is 1. The molecule has 6 nitrogen and oxygen atoms in total. The van der Waals surface area contributed by atoms with Crippen LogP contribution in [0, 0.1) is 5.41 Å². The number of alkyl carbamates (subject to hydrolysis) is 1. The van der Waals surface area contributed by atoms with E-state index < -0.39 is 34.7 Å². The molecule has 1 aliphatic rings. The lowest BCUT2D eigenvalue weighted by molar-refractivity contribution is -0.184. The second-order valence-corrected chi connectivity index (χ2v) is 6.47. The van der Waals surface area contributed by atoms with Crippen molar-refractivity contribution < 1.29 is 24.2 Å². The zero-order chi connectivity index (χ0) is 15.1. The van der Waals surface area contributed by atoms with Crippen LogP contribution in [-0.2, 0) is 14.3 Å². The van der Waals surface area contributed by atoms with Crippen molar-refractivity contribution in [2.75, 3.05) is 7.11 Å². The van der Waals surface area contributed by atoms with Gasteiger partial charge in [0.05, 0.1) is 13.2 Å². The number of nitrogens with one attached hydrogen (secondary N) is 1. The molecule has 1 aliphatic carbocycles. The number of amides is 1. The van der Waals surface area contributed by atoms with Crippen molar-refractivity contribution in [3.63, 3.8) is 0 Å². The highest BCUT2D eigenvalue weighted by Gasteiger charge is 2.66. The molecule has 2 N–H and O–H groups in total. The Labute approximate surface area is 113 Å². The van der Waals surface area contributed by atoms with Crippen molar-refractivity contribution in [1.29, 1.82) is 0 Å². The Balaban J connectivity index is 2.91. The Morgan fingerprint density at radius 3 is 2.16 bits per heavy atom. The third-order valence-corrected chi connectivity index (χ3v) is 3.68. The Morgan fingerprint density at radius 1 is 1.32 bits per heavy atom. The summed E-state index contributed by atoms with van der Waals surface area (Å²) >= 11 is 0. The fourth-order valence-corrected chi connectivity index (χ4v) is 2.22. The van der Waals surface area contributed by atoms with E-state index in [1.807, 2.05) is 0 Å². The molecule has 2 atom stereocenters. The van der Waals surface area contributed by atoms with Gasteiger partial charge in [-0.2, -0.15) is 0 Å². The van der Waals surface area contributed by atoms with Crippen LogP contribution in [0.5, 0.6) is 0 Å². The van der Waals surface area contributed by atoms with E-state index in [0.717, 1.165) is 0 Å². The summed E-state index contributed by atoms with van der Waals surface area (Å²) in [5, 5.41) is 12.4. The Bertz CT molecular complexity index is 385. The predicted octanol–water partition coefficient (Wildman–Crippen LogP) is 1.21. The maximum absolute atomic E-state index is 12.0. The molecular formula is C13H23NO5. The highest BCUT2D eigenvalue weighted by molar-refractivity contribution is 5.88. The summed E-state index contributed by atoms with van der Waals surface area (Å²) in [5.74, 6) is -0.575. The summed E-state index contributed by atoms with van der Waals surface area (Å²) in [4.78, 5) is 23.8. The zero-order valence-electron chi connectivity index (χ0n) is 12.4. The lowest BCUT2D eigenvalue weighted by Crippen LogP contribution is -2.76. The van der Waals surface area contributed by atoms with E-state index >= 15 is 0 Å². The molecule has 19 heavy (non-hydrogen) atoms. The van der Waals surface area contributed by atoms with Gasteiger partial charge < -0.3 is 19.9 Å². The second-order valence-electron chi connectivity index (χ2n) is 6.47. The third kappa shape index (κ3) is 2.68. The summed E-state index contributed by atoms with van der Waals surface area (Å²) in [6, 6.07) is 0. The molecule has 0 bridgehead atoms. The minimum atomic E-state index is -1.25. The largest absolute Gasteiger partial charge is 0.467 e. The summed E-state index contributed by atoms with van der Waals surface area (Å²) in [6.45, 7) is 8.61. The number of ether oxygens (including phenoxy) is 2. The molecule has 1 fully saturated rings. The van der Waals surface area contributed by atoms with Crippen LogP contribution in [0.25, 0.3) is 0 Å². The first-order chi connectivity index (χ1) is 8.46. The fourth-order valence-electron chi connectivity index (χ4n) is 2.22. The average Bonchev–Trinajstić information content (AvgIpc) is 2.24. The van der Waals surface area contributed by atoms with Crippen LogP contribution in [0.4, 0.5) is 4.79 Å². The van der Waals surface area contributed by atoms with Crippen LogP contribution in [0.3, 0.4) is 0 Å². The number of carbonyl (C=O) groups excluding carboxylic acids is 2. The van der Waals surface area contributed by atoms with E-state index in [4.69, 9.17) is 9.47 Å². The number of hydrogen-bond donors (Lipinski definition) is 2. The van der Waals surface area contributed by atoms with Gasteiger partial charge in [-0.3, -0.25) is 0 Å². The Kier molecular flexibility index (Phi) is 3.87. The summed E-state index contributed by atoms with van der Waals surface area (Å²) < 4.78 is 9.91. The molecule has 6 heteroatoms. The van der Waals surface area contributed by atoms with Gasteiger partial charge in [0.1, 0.15) is 5.60 Å². The van der Waals surface area contributed by atoms with Crippen LogP contribution in [0.15, 0.2) is 0 Å². The van der Waals surface area contributed by atoms with Crippen molar-refractivity contribution in [1.82, 2.24) is 5.32 Å². The molecule has 0 aromatic rings. The minimum absolute atomic E-state index is 0.117. The molecule has 0 aliphatic heterocycles. The van der Waals surface area contributed by atoms with E-state index in [1.54, 1.807) is 34.6 Å². The highest BCUT2D eigenvalue weighted by atomic mass is 16.6. The monoisotopic (exact) mass is 273 g/mol. The molecule has 1 amide bonds. The van der Waals surface area contributed by atoms with Crippen molar-refractivity contribution in [3.05, 3.63) is 0 Å². The van der Waals surface area contributed by atoms with E-state index in [1.165, 1.54) is 7.11 Å². The molecule has 0 heterocycles. The molecule has 1 rings (SSSR count). The van der Waals surface area contributed by atoms with Gasteiger partial charge in [0.15, 0.2) is 5.54 Å². The second kappa shape index (κ2) is 4.67. The van der Waals surface area contributed by atoms with E-state index in [-0.39, 0.29) is 6.42 Å². The molecule has 0 saturated heterocycles. The van der Waals surface area contributed by atoms with Gasteiger partial charge in [-0.15, -0.1) is 0 Å². The van der Waals surface area contributed by atoms with Crippen LogP contribution < -0.4 is 5.32 Å². The molecule has 110 valence electrons. The Hall–Kier alpha value is -1.30. The topological polar surface area (TPSA) is 84.9 Å². The summed E-state index contributed by atoms with van der Waals surface area (Å²) in [7, 11) is 1.25. The van der Waals surface area contributed by atoms with Crippen molar-refractivity contribution in [2.45, 2.75) is 58.3 Å². The summed E-state index contributed by atoms with van der Waals surface area (Å²) in [6.07, 6.45) is -1.26. The van der Waals surface area contributed by atoms with Gasteiger partial charge in [-0.25, -0.2) is 9.59 Å². The quantitative estimate of drug-likeness (QED) is 0.739. The van der Waals surface area contributed by atoms with Gasteiger partial charge in [0.2, 0.25) is 0 Å². The van der Waals surface area contributed by atoms with Crippen molar-refractivity contribution in [3.8, 4) is 0 Å². The van der Waals surface area contributed by atoms with Gasteiger partial charge in [-0.05, 0) is 20.8 Å². The molecular weight excluding hydrogens is 250 g/mol. The Morgan fingerprint density at radius 2 is 1.84 bits per heavy atom. The molecule has 0 radical (unpaired) electrons. The minimum Gasteiger partial charge on any atom is -0.467 e. The van der Waals surface area contributed by atoms with Gasteiger partial charge in [0, 0.05) is 11.8 Å². The van der Waals surface area contributed by atoms with E-state index in [0.29, 0.717) is 0 Å². The van der Waals surface area contributed by atoms with Crippen molar-refractivity contribution >= 4 is 12.1 Å². The first-order valence-corrected chi connectivity index (χ1v) is 6.24. The van der Waals surface area contributed by atoms with Gasteiger partial charge >= 0.3 is 12.1 Å². The maximum Gasteiger partial charge on any atom is 0.408 e. The number of carbonyl (C=O) groups is 2. The fraction of sp³-hybridized carbons (Fsp3) is 0.846. The number of aliphatic hydroxyl groups is 1. The highest BCUT2D eigenvalue weighted by Crippen LogP contribution is 2.50. The molecule has 0 spiro atoms. The van der Waals surface area contributed by atoms with Crippen LogP contribution >= 0.6 is 0 Å². The van der Waals surface area contributed by atoms with Crippen LogP contribution in [-0.4, -0.2) is 41.5 Å². The lowest BCUT2D eigenvalue weighted by Gasteiger charge is -2.56. The smallest absolute Gasteiger partial charge is 0.408 e. The van der Waals surface area contributed by atoms with Crippen molar-refractivity contribution in [2.24, 2.45) is 5.41 Å². The third-order valence-electron chi connectivity index (χ3n) is 3.68. The van der Waals surface area contributed by atoms with E-state index in [9.17, 15) is 14.7 Å². The average molecular weight is 273 g/mol. The molecule has 1 saturated carbocycles. The number of aliphatic hydroxyl groups excluding tert-OH is 1. The maximum atomic E-state index is 12.0. The zero-order valence-corrected chi connectivity index (χ0v) is 12.4.